The molecule has 0 unspecified atom stereocenters. The molecule has 1 aromatic heterocycles. The minimum atomic E-state index is -0.235. The largest absolute Gasteiger partial charge is 0.335 e. The molecule has 2 atom stereocenters. The number of hydrogen-bond acceptors (Lipinski definition) is 3. The highest BCUT2D eigenvalue weighted by atomic mass is 16.2. The fourth-order valence-corrected chi connectivity index (χ4v) is 2.42. The number of nitrogens with one attached hydrogen (secondary N) is 1. The van der Waals surface area contributed by atoms with E-state index in [0.717, 1.165) is 0 Å². The second-order valence-corrected chi connectivity index (χ2v) is 5.02. The molecule has 1 fully saturated rings. The molecule has 0 radical (unpaired) electrons. The topological polar surface area (TPSA) is 54.3 Å². The van der Waals surface area contributed by atoms with Gasteiger partial charge < -0.3 is 14.8 Å². The van der Waals surface area contributed by atoms with Crippen LogP contribution in [0.2, 0.25) is 0 Å². The molecule has 0 bridgehead atoms. The lowest BCUT2D eigenvalue weighted by atomic mass is 10.1. The van der Waals surface area contributed by atoms with Crippen LogP contribution in [0, 0.1) is 0 Å². The van der Waals surface area contributed by atoms with Crippen molar-refractivity contribution in [1.29, 1.82) is 0 Å². The summed E-state index contributed by atoms with van der Waals surface area (Å²) in [5, 5.41) is 3.36. The van der Waals surface area contributed by atoms with Crippen molar-refractivity contribution in [1.82, 2.24) is 14.8 Å². The number of amides is 1. The highest BCUT2D eigenvalue weighted by Crippen LogP contribution is 2.07. The van der Waals surface area contributed by atoms with Crippen molar-refractivity contribution in [2.75, 3.05) is 13.1 Å². The minimum Gasteiger partial charge on any atom is -0.335 e. The number of aromatic nitrogens is 1. The number of hydrogen-bond donors (Lipinski definition) is 1. The van der Waals surface area contributed by atoms with E-state index in [0.29, 0.717) is 13.1 Å². The maximum atomic E-state index is 12.3. The summed E-state index contributed by atoms with van der Waals surface area (Å²) in [6.07, 6.45) is 1.65. The van der Waals surface area contributed by atoms with E-state index in [1.165, 1.54) is 4.57 Å². The molecular weight excluding hydrogens is 230 g/mol. The third-order valence-corrected chi connectivity index (χ3v) is 3.20. The predicted octanol–water partition coefficient (Wildman–Crippen LogP) is 0.208. The Kier molecular flexibility index (Phi) is 3.52. The maximum absolute atomic E-state index is 12.3. The molecule has 98 valence electrons. The summed E-state index contributed by atoms with van der Waals surface area (Å²) in [5.41, 5.74) is 0.0163. The van der Waals surface area contributed by atoms with Gasteiger partial charge in [-0.3, -0.25) is 9.59 Å². The molecule has 1 aromatic rings. The van der Waals surface area contributed by atoms with Gasteiger partial charge in [-0.15, -0.1) is 0 Å². The van der Waals surface area contributed by atoms with Gasteiger partial charge in [0.1, 0.15) is 5.56 Å². The van der Waals surface area contributed by atoms with Crippen LogP contribution in [0.1, 0.15) is 24.2 Å². The van der Waals surface area contributed by atoms with E-state index in [9.17, 15) is 9.59 Å². The van der Waals surface area contributed by atoms with Gasteiger partial charge in [0, 0.05) is 38.4 Å². The van der Waals surface area contributed by atoms with Gasteiger partial charge in [0.05, 0.1) is 0 Å². The smallest absolute Gasteiger partial charge is 0.263 e. The molecule has 1 amide bonds. The number of rotatable bonds is 1. The zero-order valence-electron chi connectivity index (χ0n) is 11.0. The van der Waals surface area contributed by atoms with E-state index in [2.05, 4.69) is 5.32 Å². The van der Waals surface area contributed by atoms with E-state index < -0.39 is 0 Å². The first-order chi connectivity index (χ1) is 8.49. The van der Waals surface area contributed by atoms with Gasteiger partial charge in [0.25, 0.3) is 11.5 Å². The lowest BCUT2D eigenvalue weighted by Gasteiger charge is -2.36. The van der Waals surface area contributed by atoms with E-state index in [4.69, 9.17) is 0 Å². The van der Waals surface area contributed by atoms with Crippen LogP contribution in [-0.4, -0.2) is 40.5 Å². The molecule has 1 aliphatic heterocycles. The van der Waals surface area contributed by atoms with Crippen LogP contribution in [0.15, 0.2) is 23.1 Å². The van der Waals surface area contributed by atoms with Crippen LogP contribution >= 0.6 is 0 Å². The normalized spacial score (nSPS) is 24.1. The van der Waals surface area contributed by atoms with Crippen molar-refractivity contribution in [2.24, 2.45) is 7.05 Å². The van der Waals surface area contributed by atoms with E-state index in [-0.39, 0.29) is 29.1 Å². The average molecular weight is 249 g/mol. The first-order valence-electron chi connectivity index (χ1n) is 6.20. The zero-order valence-corrected chi connectivity index (χ0v) is 11.0. The van der Waals surface area contributed by atoms with Gasteiger partial charge in [-0.1, -0.05) is 0 Å². The molecule has 0 spiro atoms. The monoisotopic (exact) mass is 249 g/mol. The molecule has 2 rings (SSSR count). The summed E-state index contributed by atoms with van der Waals surface area (Å²) in [5.74, 6) is -0.170. The Morgan fingerprint density at radius 3 is 2.56 bits per heavy atom. The number of nitrogens with zero attached hydrogens (tertiary/aromatic N) is 2. The molecule has 0 aromatic carbocycles. The molecule has 5 heteroatoms. The summed E-state index contributed by atoms with van der Waals surface area (Å²) in [4.78, 5) is 26.0. The third-order valence-electron chi connectivity index (χ3n) is 3.20. The van der Waals surface area contributed by atoms with E-state index in [1.54, 1.807) is 30.3 Å². The minimum absolute atomic E-state index is 0.170. The van der Waals surface area contributed by atoms with Crippen LogP contribution in [-0.2, 0) is 7.05 Å². The Morgan fingerprint density at radius 2 is 1.94 bits per heavy atom. The van der Waals surface area contributed by atoms with Crippen molar-refractivity contribution in [3.8, 4) is 0 Å². The predicted molar refractivity (Wildman–Crippen MR) is 69.6 cm³/mol. The number of carbonyl (C=O) groups excluding carboxylic acids is 1. The van der Waals surface area contributed by atoms with Crippen molar-refractivity contribution < 1.29 is 4.79 Å². The third kappa shape index (κ3) is 2.46. The summed E-state index contributed by atoms with van der Waals surface area (Å²) >= 11 is 0. The summed E-state index contributed by atoms with van der Waals surface area (Å²) in [6, 6.07) is 3.83. The second-order valence-electron chi connectivity index (χ2n) is 5.02. The number of carbonyl (C=O) groups is 1. The molecule has 18 heavy (non-hydrogen) atoms. The molecule has 1 aliphatic rings. The maximum Gasteiger partial charge on any atom is 0.263 e. The van der Waals surface area contributed by atoms with Crippen LogP contribution in [0.3, 0.4) is 0 Å². The molecule has 2 heterocycles. The molecule has 1 saturated heterocycles. The Bertz CT molecular complexity index is 499. The summed E-state index contributed by atoms with van der Waals surface area (Å²) in [6.45, 7) is 5.36. The number of pyridine rings is 1. The van der Waals surface area contributed by atoms with Crippen molar-refractivity contribution in [3.05, 3.63) is 34.2 Å². The van der Waals surface area contributed by atoms with Crippen LogP contribution in [0.5, 0.6) is 0 Å². The molecule has 1 N–H and O–H groups in total. The quantitative estimate of drug-likeness (QED) is 0.774. The lowest BCUT2D eigenvalue weighted by Crippen LogP contribution is -2.56. The lowest BCUT2D eigenvalue weighted by molar-refractivity contribution is 0.0671. The van der Waals surface area contributed by atoms with Crippen LogP contribution in [0.4, 0.5) is 0 Å². The first kappa shape index (κ1) is 12.8. The average Bonchev–Trinajstić information content (AvgIpc) is 2.30. The highest BCUT2D eigenvalue weighted by molar-refractivity contribution is 5.94. The molecule has 5 nitrogen and oxygen atoms in total. The Hall–Kier alpha value is -1.62. The standard InChI is InChI=1S/C13H19N3O2/c1-9-7-16(8-10(2)14-9)13(18)11-5-4-6-15(3)12(11)17/h4-6,9-10,14H,7-8H2,1-3H3/t9-,10-/m1/s1. The van der Waals surface area contributed by atoms with Gasteiger partial charge in [-0.2, -0.15) is 0 Å². The zero-order chi connectivity index (χ0) is 13.3. The summed E-state index contributed by atoms with van der Waals surface area (Å²) < 4.78 is 1.43. The summed E-state index contributed by atoms with van der Waals surface area (Å²) in [7, 11) is 1.65. The van der Waals surface area contributed by atoms with Crippen LogP contribution in [0.25, 0.3) is 0 Å². The highest BCUT2D eigenvalue weighted by Gasteiger charge is 2.26. The van der Waals surface area contributed by atoms with Crippen LogP contribution < -0.4 is 10.9 Å². The van der Waals surface area contributed by atoms with Gasteiger partial charge in [0.15, 0.2) is 0 Å². The Balaban J connectivity index is 2.26. The number of piperazine rings is 1. The molecular formula is C13H19N3O2. The SMILES string of the molecule is C[C@@H]1CN(C(=O)c2cccn(C)c2=O)C[C@@H](C)N1. The van der Waals surface area contributed by atoms with E-state index in [1.807, 2.05) is 13.8 Å². The van der Waals surface area contributed by atoms with E-state index >= 15 is 0 Å². The van der Waals surface area contributed by atoms with Gasteiger partial charge in [0.2, 0.25) is 0 Å². The van der Waals surface area contributed by atoms with Gasteiger partial charge in [-0.05, 0) is 26.0 Å². The Labute approximate surface area is 106 Å². The van der Waals surface area contributed by atoms with Crippen molar-refractivity contribution in [2.45, 2.75) is 25.9 Å². The Morgan fingerprint density at radius 1 is 1.33 bits per heavy atom. The number of aryl methyl sites for hydroxylation is 1. The fourth-order valence-electron chi connectivity index (χ4n) is 2.42. The van der Waals surface area contributed by atoms with Crippen molar-refractivity contribution in [3.63, 3.8) is 0 Å². The van der Waals surface area contributed by atoms with Gasteiger partial charge >= 0.3 is 0 Å². The fraction of sp³-hybridized carbons (Fsp3) is 0.538. The first-order valence-corrected chi connectivity index (χ1v) is 6.20. The molecule has 0 saturated carbocycles. The second kappa shape index (κ2) is 4.94. The van der Waals surface area contributed by atoms with Crippen molar-refractivity contribution >= 4 is 5.91 Å². The van der Waals surface area contributed by atoms with Gasteiger partial charge in [-0.25, -0.2) is 0 Å². The molecule has 0 aliphatic carbocycles.